The molecule has 18 heavy (non-hydrogen) atoms. The molecule has 0 spiro atoms. The van der Waals surface area contributed by atoms with E-state index in [0.29, 0.717) is 12.0 Å². The van der Waals surface area contributed by atoms with Crippen molar-refractivity contribution in [3.05, 3.63) is 0 Å². The Bertz CT molecular complexity index is 297. The fourth-order valence-corrected chi connectivity index (χ4v) is 3.22. The third-order valence-electron chi connectivity index (χ3n) is 4.45. The van der Waals surface area contributed by atoms with Crippen LogP contribution in [0, 0.1) is 17.2 Å². The number of rotatable bonds is 5. The van der Waals surface area contributed by atoms with Crippen LogP contribution in [0.3, 0.4) is 0 Å². The van der Waals surface area contributed by atoms with Crippen molar-refractivity contribution in [3.63, 3.8) is 0 Å². The summed E-state index contributed by atoms with van der Waals surface area (Å²) in [5, 5.41) is 12.6. The molecule has 0 bridgehead atoms. The van der Waals surface area contributed by atoms with Crippen molar-refractivity contribution in [2.45, 2.75) is 50.2 Å². The first-order valence-corrected chi connectivity index (χ1v) is 7.10. The van der Waals surface area contributed by atoms with Gasteiger partial charge < -0.3 is 14.8 Å². The molecule has 2 unspecified atom stereocenters. The minimum atomic E-state index is -0.307. The van der Waals surface area contributed by atoms with Crippen LogP contribution in [0.2, 0.25) is 0 Å². The van der Waals surface area contributed by atoms with Gasteiger partial charge in [0.1, 0.15) is 5.54 Å². The number of hydrogen-bond acceptors (Lipinski definition) is 4. The minimum Gasteiger partial charge on any atom is -0.381 e. The van der Waals surface area contributed by atoms with E-state index in [4.69, 9.17) is 9.47 Å². The molecule has 4 nitrogen and oxygen atoms in total. The molecule has 4 heteroatoms. The second-order valence-corrected chi connectivity index (χ2v) is 5.39. The van der Waals surface area contributed by atoms with Gasteiger partial charge in [-0.1, -0.05) is 6.42 Å². The molecular formula is C14H24N2O2. The highest BCUT2D eigenvalue weighted by Crippen LogP contribution is 2.37. The predicted octanol–water partition coefficient (Wildman–Crippen LogP) is 1.85. The van der Waals surface area contributed by atoms with Gasteiger partial charge in [0.2, 0.25) is 0 Å². The minimum absolute atomic E-state index is 0.307. The predicted molar refractivity (Wildman–Crippen MR) is 69.2 cm³/mol. The summed E-state index contributed by atoms with van der Waals surface area (Å²) in [5.74, 6) is 0.437. The summed E-state index contributed by atoms with van der Waals surface area (Å²) in [6.07, 6.45) is 6.65. The van der Waals surface area contributed by atoms with E-state index >= 15 is 0 Å². The van der Waals surface area contributed by atoms with E-state index in [-0.39, 0.29) is 5.54 Å². The molecule has 1 saturated heterocycles. The third kappa shape index (κ3) is 3.03. The Hall–Kier alpha value is -0.630. The molecule has 0 amide bonds. The molecule has 2 fully saturated rings. The van der Waals surface area contributed by atoms with Gasteiger partial charge in [-0.2, -0.15) is 5.26 Å². The quantitative estimate of drug-likeness (QED) is 0.811. The summed E-state index contributed by atoms with van der Waals surface area (Å²) in [6, 6.07) is 2.48. The maximum atomic E-state index is 9.37. The average Bonchev–Trinajstić information content (AvgIpc) is 2.84. The summed E-state index contributed by atoms with van der Waals surface area (Å²) in [5.41, 5.74) is -0.307. The lowest BCUT2D eigenvalue weighted by atomic mass is 9.86. The maximum absolute atomic E-state index is 9.37. The first-order chi connectivity index (χ1) is 8.80. The second kappa shape index (κ2) is 6.51. The first kappa shape index (κ1) is 13.8. The normalized spacial score (nSPS) is 33.4. The zero-order valence-corrected chi connectivity index (χ0v) is 11.3. The zero-order chi connectivity index (χ0) is 12.8. The van der Waals surface area contributed by atoms with Gasteiger partial charge in [-0.25, -0.2) is 0 Å². The highest BCUT2D eigenvalue weighted by Gasteiger charge is 2.41. The molecule has 0 radical (unpaired) electrons. The van der Waals surface area contributed by atoms with Gasteiger partial charge in [0.15, 0.2) is 0 Å². The molecule has 2 atom stereocenters. The summed E-state index contributed by atoms with van der Waals surface area (Å²) in [4.78, 5) is 0. The van der Waals surface area contributed by atoms with Crippen LogP contribution >= 0.6 is 0 Å². The monoisotopic (exact) mass is 252 g/mol. The van der Waals surface area contributed by atoms with Crippen molar-refractivity contribution in [2.24, 2.45) is 5.92 Å². The van der Waals surface area contributed by atoms with Crippen LogP contribution < -0.4 is 5.32 Å². The number of nitrogens with one attached hydrogen (secondary N) is 1. The maximum Gasteiger partial charge on any atom is 0.109 e. The van der Waals surface area contributed by atoms with Crippen molar-refractivity contribution in [3.8, 4) is 6.07 Å². The molecule has 1 aliphatic heterocycles. The van der Waals surface area contributed by atoms with Gasteiger partial charge in [0, 0.05) is 19.8 Å². The van der Waals surface area contributed by atoms with Gasteiger partial charge in [-0.3, -0.25) is 0 Å². The Balaban J connectivity index is 1.74. The first-order valence-electron chi connectivity index (χ1n) is 7.10. The van der Waals surface area contributed by atoms with Crippen molar-refractivity contribution < 1.29 is 9.47 Å². The Labute approximate surface area is 110 Å². The highest BCUT2D eigenvalue weighted by molar-refractivity contribution is 5.13. The molecule has 102 valence electrons. The molecule has 0 aromatic carbocycles. The van der Waals surface area contributed by atoms with Crippen molar-refractivity contribution >= 4 is 0 Å². The van der Waals surface area contributed by atoms with E-state index in [2.05, 4.69) is 11.4 Å². The van der Waals surface area contributed by atoms with Crippen LogP contribution in [-0.4, -0.2) is 38.5 Å². The number of hydrogen-bond donors (Lipinski definition) is 1. The average molecular weight is 252 g/mol. The molecular weight excluding hydrogens is 228 g/mol. The van der Waals surface area contributed by atoms with Crippen LogP contribution in [0.4, 0.5) is 0 Å². The summed E-state index contributed by atoms with van der Waals surface area (Å²) in [7, 11) is 1.90. The van der Waals surface area contributed by atoms with E-state index in [9.17, 15) is 5.26 Å². The van der Waals surface area contributed by atoms with E-state index < -0.39 is 0 Å². The summed E-state index contributed by atoms with van der Waals surface area (Å²) in [6.45, 7) is 2.43. The smallest absolute Gasteiger partial charge is 0.109 e. The molecule has 1 heterocycles. The second-order valence-electron chi connectivity index (χ2n) is 5.39. The SMILES string of the molecule is CNC1(C#N)CCCC1CCOC1CCOCC1. The highest BCUT2D eigenvalue weighted by atomic mass is 16.5. The largest absolute Gasteiger partial charge is 0.381 e. The Morgan fingerprint density at radius 1 is 1.39 bits per heavy atom. The molecule has 2 aliphatic rings. The number of nitriles is 1. The van der Waals surface area contributed by atoms with Crippen LogP contribution in [0.15, 0.2) is 0 Å². The van der Waals surface area contributed by atoms with Gasteiger partial charge in [-0.05, 0) is 45.1 Å². The van der Waals surface area contributed by atoms with E-state index in [0.717, 1.165) is 58.3 Å². The molecule has 0 aromatic heterocycles. The van der Waals surface area contributed by atoms with E-state index in [1.807, 2.05) is 7.05 Å². The van der Waals surface area contributed by atoms with Gasteiger partial charge >= 0.3 is 0 Å². The molecule has 1 saturated carbocycles. The summed E-state index contributed by atoms with van der Waals surface area (Å²) < 4.78 is 11.2. The lowest BCUT2D eigenvalue weighted by Crippen LogP contribution is -2.45. The van der Waals surface area contributed by atoms with Crippen molar-refractivity contribution in [1.82, 2.24) is 5.32 Å². The Morgan fingerprint density at radius 3 is 2.83 bits per heavy atom. The van der Waals surface area contributed by atoms with Crippen LogP contribution in [0.25, 0.3) is 0 Å². The molecule has 1 N–H and O–H groups in total. The van der Waals surface area contributed by atoms with Gasteiger partial charge in [0.05, 0.1) is 12.2 Å². The van der Waals surface area contributed by atoms with Crippen LogP contribution in [0.5, 0.6) is 0 Å². The lowest BCUT2D eigenvalue weighted by molar-refractivity contribution is -0.0362. The topological polar surface area (TPSA) is 54.3 Å². The fourth-order valence-electron chi connectivity index (χ4n) is 3.22. The lowest BCUT2D eigenvalue weighted by Gasteiger charge is -2.29. The van der Waals surface area contributed by atoms with Gasteiger partial charge in [-0.15, -0.1) is 0 Å². The molecule has 1 aliphatic carbocycles. The Kier molecular flexibility index (Phi) is 4.99. The fraction of sp³-hybridized carbons (Fsp3) is 0.929. The summed E-state index contributed by atoms with van der Waals surface area (Å²) >= 11 is 0. The van der Waals surface area contributed by atoms with Crippen molar-refractivity contribution in [1.29, 1.82) is 5.26 Å². The van der Waals surface area contributed by atoms with E-state index in [1.54, 1.807) is 0 Å². The van der Waals surface area contributed by atoms with Crippen LogP contribution in [0.1, 0.15) is 38.5 Å². The molecule has 0 aromatic rings. The number of nitrogens with zero attached hydrogens (tertiary/aromatic N) is 1. The van der Waals surface area contributed by atoms with Crippen molar-refractivity contribution in [2.75, 3.05) is 26.9 Å². The third-order valence-corrected chi connectivity index (χ3v) is 4.45. The number of ether oxygens (including phenoxy) is 2. The standard InChI is InChI=1S/C14H24N2O2/c1-16-14(11-15)7-2-3-12(14)4-10-18-13-5-8-17-9-6-13/h12-13,16H,2-10H2,1H3. The van der Waals surface area contributed by atoms with Crippen LogP contribution in [-0.2, 0) is 9.47 Å². The Morgan fingerprint density at radius 2 is 2.17 bits per heavy atom. The van der Waals surface area contributed by atoms with Gasteiger partial charge in [0.25, 0.3) is 0 Å². The molecule has 2 rings (SSSR count). The zero-order valence-electron chi connectivity index (χ0n) is 11.3. The van der Waals surface area contributed by atoms with E-state index in [1.165, 1.54) is 0 Å².